The summed E-state index contributed by atoms with van der Waals surface area (Å²) in [6.45, 7) is 9.50. The fourth-order valence-corrected chi connectivity index (χ4v) is 1.37. The van der Waals surface area contributed by atoms with Crippen LogP contribution in [0.5, 0.6) is 0 Å². The molecule has 0 rings (SSSR count). The van der Waals surface area contributed by atoms with Crippen molar-refractivity contribution in [2.45, 2.75) is 71.3 Å². The van der Waals surface area contributed by atoms with Crippen molar-refractivity contribution in [3.8, 4) is 0 Å². The second kappa shape index (κ2) is 7.72. The van der Waals surface area contributed by atoms with Crippen molar-refractivity contribution in [2.75, 3.05) is 0 Å². The molecule has 0 aliphatic rings. The van der Waals surface area contributed by atoms with Gasteiger partial charge in [-0.15, -0.1) is 0 Å². The molecule has 0 bridgehead atoms. The van der Waals surface area contributed by atoms with Crippen molar-refractivity contribution in [2.24, 2.45) is 0 Å². The fourth-order valence-electron chi connectivity index (χ4n) is 1.37. The molecule has 0 unspecified atom stereocenters. The summed E-state index contributed by atoms with van der Waals surface area (Å²) in [4.78, 5) is 11.3. The van der Waals surface area contributed by atoms with Crippen LogP contribution in [0.2, 0.25) is 0 Å². The molecule has 0 fully saturated rings. The van der Waals surface area contributed by atoms with E-state index in [4.69, 9.17) is 4.74 Å². The minimum atomic E-state index is -0.342. The van der Waals surface area contributed by atoms with Gasteiger partial charge >= 0.3 is 5.97 Å². The summed E-state index contributed by atoms with van der Waals surface area (Å²) in [7, 11) is 0. The third-order valence-corrected chi connectivity index (χ3v) is 2.05. The Labute approximate surface area is 94.4 Å². The van der Waals surface area contributed by atoms with Crippen LogP contribution in [0.15, 0.2) is 0 Å². The number of ether oxygens (including phenoxy) is 1. The molecule has 0 aromatic heterocycles. The second-order valence-corrected chi connectivity index (χ2v) is 4.96. The van der Waals surface area contributed by atoms with Gasteiger partial charge in [-0.25, -0.2) is 0 Å². The number of unbranched alkanes of at least 4 members (excludes halogenated alkanes) is 5. The van der Waals surface area contributed by atoms with Crippen LogP contribution in [0, 0.1) is 6.92 Å². The van der Waals surface area contributed by atoms with E-state index >= 15 is 0 Å². The molecule has 0 heterocycles. The van der Waals surface area contributed by atoms with Crippen LogP contribution in [0.3, 0.4) is 0 Å². The number of esters is 1. The molecule has 1 radical (unpaired) electrons. The third kappa shape index (κ3) is 11.4. The van der Waals surface area contributed by atoms with Gasteiger partial charge in [0.2, 0.25) is 0 Å². The van der Waals surface area contributed by atoms with Gasteiger partial charge in [-0.1, -0.05) is 39.0 Å². The molecule has 0 aromatic carbocycles. The molecule has 0 spiro atoms. The highest BCUT2D eigenvalue weighted by Gasteiger charge is 2.15. The van der Waals surface area contributed by atoms with Crippen molar-refractivity contribution in [1.29, 1.82) is 0 Å². The third-order valence-electron chi connectivity index (χ3n) is 2.05. The molecule has 0 saturated heterocycles. The minimum absolute atomic E-state index is 0.0698. The van der Waals surface area contributed by atoms with Crippen LogP contribution in [-0.2, 0) is 9.53 Å². The van der Waals surface area contributed by atoms with Crippen molar-refractivity contribution in [3.05, 3.63) is 6.92 Å². The highest BCUT2D eigenvalue weighted by atomic mass is 16.6. The van der Waals surface area contributed by atoms with Crippen LogP contribution >= 0.6 is 0 Å². The van der Waals surface area contributed by atoms with Crippen LogP contribution in [0.25, 0.3) is 0 Å². The Morgan fingerprint density at radius 2 is 1.60 bits per heavy atom. The zero-order valence-electron chi connectivity index (χ0n) is 10.5. The summed E-state index contributed by atoms with van der Waals surface area (Å²) in [5, 5.41) is 0. The van der Waals surface area contributed by atoms with E-state index in [-0.39, 0.29) is 11.6 Å². The predicted molar refractivity (Wildman–Crippen MR) is 63.5 cm³/mol. The molecule has 89 valence electrons. The Bertz CT molecular complexity index is 168. The fraction of sp³-hybridized carbons (Fsp3) is 0.846. The van der Waals surface area contributed by atoms with Gasteiger partial charge in [-0.05, 0) is 27.2 Å². The zero-order valence-corrected chi connectivity index (χ0v) is 10.5. The highest BCUT2D eigenvalue weighted by molar-refractivity contribution is 5.69. The average molecular weight is 213 g/mol. The number of carbonyl (C=O) groups excluding carboxylic acids is 1. The van der Waals surface area contributed by atoms with Gasteiger partial charge < -0.3 is 4.74 Å². The first-order chi connectivity index (χ1) is 6.95. The maximum absolute atomic E-state index is 11.3. The molecule has 0 aliphatic carbocycles. The maximum atomic E-state index is 11.3. The van der Waals surface area contributed by atoms with E-state index < -0.39 is 0 Å². The molecule has 2 nitrogen and oxygen atoms in total. The summed E-state index contributed by atoms with van der Waals surface area (Å²) in [5.41, 5.74) is -0.342. The minimum Gasteiger partial charge on any atom is -0.460 e. The van der Waals surface area contributed by atoms with E-state index in [1.807, 2.05) is 20.8 Å². The Hall–Kier alpha value is -0.530. The smallest absolute Gasteiger partial charge is 0.306 e. The van der Waals surface area contributed by atoms with Crippen molar-refractivity contribution in [1.82, 2.24) is 0 Å². The van der Waals surface area contributed by atoms with Crippen LogP contribution in [-0.4, -0.2) is 11.6 Å². The largest absolute Gasteiger partial charge is 0.460 e. The molecule has 0 aromatic rings. The first kappa shape index (κ1) is 14.5. The van der Waals surface area contributed by atoms with E-state index in [1.165, 1.54) is 19.3 Å². The summed E-state index contributed by atoms with van der Waals surface area (Å²) >= 11 is 0. The molecule has 0 aliphatic heterocycles. The Morgan fingerprint density at radius 3 is 2.13 bits per heavy atom. The van der Waals surface area contributed by atoms with Crippen molar-refractivity contribution in [3.63, 3.8) is 0 Å². The van der Waals surface area contributed by atoms with Gasteiger partial charge in [0.15, 0.2) is 0 Å². The summed E-state index contributed by atoms with van der Waals surface area (Å²) in [5.74, 6) is -0.0698. The lowest BCUT2D eigenvalue weighted by Gasteiger charge is -2.19. The molecule has 15 heavy (non-hydrogen) atoms. The van der Waals surface area contributed by atoms with Gasteiger partial charge in [0, 0.05) is 6.42 Å². The molecule has 0 amide bonds. The van der Waals surface area contributed by atoms with Crippen molar-refractivity contribution < 1.29 is 9.53 Å². The Kier molecular flexibility index (Phi) is 7.45. The molecule has 0 atom stereocenters. The number of hydrogen-bond acceptors (Lipinski definition) is 2. The molecular formula is C13H25O2. The topological polar surface area (TPSA) is 26.3 Å². The van der Waals surface area contributed by atoms with Gasteiger partial charge in [0.1, 0.15) is 5.60 Å². The molecule has 0 N–H and O–H groups in total. The first-order valence-electron chi connectivity index (χ1n) is 5.97. The lowest BCUT2D eigenvalue weighted by molar-refractivity contribution is -0.154. The number of carbonyl (C=O) groups is 1. The zero-order chi connectivity index (χ0) is 11.7. The van der Waals surface area contributed by atoms with Gasteiger partial charge in [0.05, 0.1) is 0 Å². The normalized spacial score (nSPS) is 11.5. The van der Waals surface area contributed by atoms with E-state index in [2.05, 4.69) is 6.92 Å². The van der Waals surface area contributed by atoms with Crippen molar-refractivity contribution >= 4 is 5.97 Å². The van der Waals surface area contributed by atoms with E-state index in [9.17, 15) is 4.79 Å². The number of hydrogen-bond donors (Lipinski definition) is 0. The van der Waals surface area contributed by atoms with Gasteiger partial charge in [-0.3, -0.25) is 4.79 Å². The Morgan fingerprint density at radius 1 is 1.07 bits per heavy atom. The summed E-state index contributed by atoms with van der Waals surface area (Å²) in [6, 6.07) is 0. The molecule has 2 heteroatoms. The van der Waals surface area contributed by atoms with Crippen LogP contribution in [0.1, 0.15) is 65.7 Å². The lowest BCUT2D eigenvalue weighted by Crippen LogP contribution is -2.23. The van der Waals surface area contributed by atoms with E-state index in [0.29, 0.717) is 6.42 Å². The Balaban J connectivity index is 3.32. The molecular weight excluding hydrogens is 188 g/mol. The average Bonchev–Trinajstić information content (AvgIpc) is 2.08. The van der Waals surface area contributed by atoms with E-state index in [0.717, 1.165) is 19.3 Å². The summed E-state index contributed by atoms with van der Waals surface area (Å²) in [6.07, 6.45) is 7.29. The SMILES string of the molecule is [CH2]CCCCCCCC(=O)OC(C)(C)C. The maximum Gasteiger partial charge on any atom is 0.306 e. The predicted octanol–water partition coefficient (Wildman–Crippen LogP) is 3.89. The van der Waals surface area contributed by atoms with Crippen LogP contribution in [0.4, 0.5) is 0 Å². The van der Waals surface area contributed by atoms with Gasteiger partial charge in [0.25, 0.3) is 0 Å². The standard InChI is InChI=1S/C13H25O2/c1-5-6-7-8-9-10-11-12(14)15-13(2,3)4/h1,5-11H2,2-4H3. The van der Waals surface area contributed by atoms with E-state index in [1.54, 1.807) is 0 Å². The quantitative estimate of drug-likeness (QED) is 0.473. The lowest BCUT2D eigenvalue weighted by atomic mass is 10.1. The second-order valence-electron chi connectivity index (χ2n) is 4.96. The highest BCUT2D eigenvalue weighted by Crippen LogP contribution is 2.11. The number of rotatable bonds is 7. The van der Waals surface area contributed by atoms with Gasteiger partial charge in [-0.2, -0.15) is 0 Å². The first-order valence-corrected chi connectivity index (χ1v) is 5.97. The van der Waals surface area contributed by atoms with Crippen LogP contribution < -0.4 is 0 Å². The summed E-state index contributed by atoms with van der Waals surface area (Å²) < 4.78 is 5.22. The molecule has 0 saturated carbocycles. The monoisotopic (exact) mass is 213 g/mol.